The summed E-state index contributed by atoms with van der Waals surface area (Å²) in [5.74, 6) is -1.07. The lowest BCUT2D eigenvalue weighted by Gasteiger charge is -2.36. The summed E-state index contributed by atoms with van der Waals surface area (Å²) in [6.07, 6.45) is -1.68. The van der Waals surface area contributed by atoms with E-state index in [4.69, 9.17) is 11.6 Å². The molecule has 2 bridgehead atoms. The molecule has 10 heteroatoms. The first-order valence-corrected chi connectivity index (χ1v) is 8.88. The molecule has 0 saturated carbocycles. The van der Waals surface area contributed by atoms with Crippen molar-refractivity contribution in [1.29, 1.82) is 0 Å². The Morgan fingerprint density at radius 2 is 2.07 bits per heavy atom. The molecular weight excluding hydrogens is 402 g/mol. The third kappa shape index (κ3) is 3.46. The second kappa shape index (κ2) is 6.80. The zero-order valence-electron chi connectivity index (χ0n) is 14.3. The molecule has 148 valence electrons. The van der Waals surface area contributed by atoms with Gasteiger partial charge in [0.2, 0.25) is 5.95 Å². The van der Waals surface area contributed by atoms with Crippen molar-refractivity contribution >= 4 is 23.3 Å². The molecule has 2 aliphatic rings. The van der Waals surface area contributed by atoms with E-state index in [9.17, 15) is 22.4 Å². The van der Waals surface area contributed by atoms with Crippen molar-refractivity contribution in [2.24, 2.45) is 0 Å². The molecular formula is C18H14ClF4N3O2. The molecule has 4 rings (SSSR count). The largest absolute Gasteiger partial charge is 0.573 e. The SMILES string of the molecule is O=C(Nc1ccc(OC(F)(F)F)c(Cl)c1)N1[C@H]2CC[C@@H]1c1ccnc(F)c1C2. The van der Waals surface area contributed by atoms with Gasteiger partial charge in [-0.15, -0.1) is 13.2 Å². The third-order valence-corrected chi connectivity index (χ3v) is 5.28. The Hall–Kier alpha value is -2.55. The maximum absolute atomic E-state index is 14.0. The number of nitrogens with one attached hydrogen (secondary N) is 1. The highest BCUT2D eigenvalue weighted by Gasteiger charge is 2.43. The third-order valence-electron chi connectivity index (χ3n) is 4.98. The number of halogens is 5. The molecule has 2 amide bonds. The summed E-state index contributed by atoms with van der Waals surface area (Å²) in [6, 6.07) is 4.35. The zero-order chi connectivity index (χ0) is 20.1. The highest BCUT2D eigenvalue weighted by atomic mass is 35.5. The van der Waals surface area contributed by atoms with Gasteiger partial charge in [-0.3, -0.25) is 0 Å². The van der Waals surface area contributed by atoms with Crippen molar-refractivity contribution in [1.82, 2.24) is 9.88 Å². The summed E-state index contributed by atoms with van der Waals surface area (Å²) < 4.78 is 54.8. The van der Waals surface area contributed by atoms with Crippen molar-refractivity contribution in [2.45, 2.75) is 37.7 Å². The second-order valence-corrected chi connectivity index (χ2v) is 7.06. The standard InChI is InChI=1S/C18H14ClF4N3O2/c19-13-7-9(1-4-15(13)28-18(21,22)23)25-17(27)26-10-2-3-14(26)11-5-6-24-16(20)12(11)8-10/h1,4-7,10,14H,2-3,8H2,(H,25,27)/t10-,14+/m0/s1. The van der Waals surface area contributed by atoms with Gasteiger partial charge in [0.15, 0.2) is 0 Å². The van der Waals surface area contributed by atoms with Crippen LogP contribution in [0.5, 0.6) is 5.75 Å². The number of hydrogen-bond acceptors (Lipinski definition) is 3. The molecule has 0 spiro atoms. The van der Waals surface area contributed by atoms with E-state index in [-0.39, 0.29) is 22.8 Å². The fraction of sp³-hybridized carbons (Fsp3) is 0.333. The van der Waals surface area contributed by atoms with E-state index in [0.29, 0.717) is 18.4 Å². The predicted octanol–water partition coefficient (Wildman–Crippen LogP) is 5.07. The van der Waals surface area contributed by atoms with Gasteiger partial charge in [0.05, 0.1) is 11.1 Å². The number of urea groups is 1. The van der Waals surface area contributed by atoms with E-state index in [1.54, 1.807) is 11.0 Å². The van der Waals surface area contributed by atoms with Gasteiger partial charge in [0.25, 0.3) is 0 Å². The number of aromatic nitrogens is 1. The number of alkyl halides is 3. The van der Waals surface area contributed by atoms with Gasteiger partial charge < -0.3 is 15.0 Å². The van der Waals surface area contributed by atoms with E-state index in [2.05, 4.69) is 15.0 Å². The molecule has 0 radical (unpaired) electrons. The van der Waals surface area contributed by atoms with E-state index in [0.717, 1.165) is 18.1 Å². The first kappa shape index (κ1) is 18.8. The highest BCUT2D eigenvalue weighted by Crippen LogP contribution is 2.44. The fourth-order valence-electron chi connectivity index (χ4n) is 3.90. The van der Waals surface area contributed by atoms with Crippen LogP contribution in [0.25, 0.3) is 0 Å². The molecule has 1 aromatic carbocycles. The van der Waals surface area contributed by atoms with Crippen LogP contribution in [-0.2, 0) is 6.42 Å². The topological polar surface area (TPSA) is 54.5 Å². The molecule has 1 fully saturated rings. The van der Waals surface area contributed by atoms with Gasteiger partial charge >= 0.3 is 12.4 Å². The first-order valence-electron chi connectivity index (χ1n) is 8.51. The zero-order valence-corrected chi connectivity index (χ0v) is 15.0. The summed E-state index contributed by atoms with van der Waals surface area (Å²) in [4.78, 5) is 18.1. The van der Waals surface area contributed by atoms with E-state index >= 15 is 0 Å². The maximum Gasteiger partial charge on any atom is 0.573 e. The number of nitrogens with zero attached hydrogens (tertiary/aromatic N) is 2. The van der Waals surface area contributed by atoms with Gasteiger partial charge in [0.1, 0.15) is 5.75 Å². The number of hydrogen-bond donors (Lipinski definition) is 1. The Bertz CT molecular complexity index is 938. The Labute approximate surface area is 162 Å². The van der Waals surface area contributed by atoms with Crippen molar-refractivity contribution in [2.75, 3.05) is 5.32 Å². The van der Waals surface area contributed by atoms with Crippen LogP contribution in [0.15, 0.2) is 30.5 Å². The summed E-state index contributed by atoms with van der Waals surface area (Å²) in [5, 5.41) is 2.36. The van der Waals surface area contributed by atoms with Crippen LogP contribution in [0.4, 0.5) is 28.0 Å². The van der Waals surface area contributed by atoms with Crippen LogP contribution < -0.4 is 10.1 Å². The number of pyridine rings is 1. The van der Waals surface area contributed by atoms with Gasteiger partial charge in [-0.1, -0.05) is 11.6 Å². The van der Waals surface area contributed by atoms with Crippen LogP contribution in [0.3, 0.4) is 0 Å². The summed E-state index contributed by atoms with van der Waals surface area (Å²) >= 11 is 5.82. The lowest BCUT2D eigenvalue weighted by Crippen LogP contribution is -2.44. The molecule has 5 nitrogen and oxygen atoms in total. The lowest BCUT2D eigenvalue weighted by molar-refractivity contribution is -0.274. The minimum atomic E-state index is -4.86. The molecule has 28 heavy (non-hydrogen) atoms. The summed E-state index contributed by atoms with van der Waals surface area (Å²) in [5.41, 5.74) is 1.51. The number of fused-ring (bicyclic) bond motifs is 4. The smallest absolute Gasteiger partial charge is 0.404 e. The predicted molar refractivity (Wildman–Crippen MR) is 92.7 cm³/mol. The lowest BCUT2D eigenvalue weighted by atomic mass is 9.95. The maximum atomic E-state index is 14.0. The number of benzene rings is 1. The molecule has 1 N–H and O–H groups in total. The van der Waals surface area contributed by atoms with Crippen LogP contribution in [0.2, 0.25) is 5.02 Å². The van der Waals surface area contributed by atoms with Crippen LogP contribution in [0, 0.1) is 5.95 Å². The van der Waals surface area contributed by atoms with Crippen molar-refractivity contribution in [3.8, 4) is 5.75 Å². The Balaban J connectivity index is 1.53. The molecule has 0 unspecified atom stereocenters. The van der Waals surface area contributed by atoms with E-state index < -0.39 is 24.1 Å². The van der Waals surface area contributed by atoms with Gasteiger partial charge in [-0.25, -0.2) is 9.78 Å². The second-order valence-electron chi connectivity index (χ2n) is 6.65. The molecule has 2 aliphatic heterocycles. The summed E-state index contributed by atoms with van der Waals surface area (Å²) in [7, 11) is 0. The summed E-state index contributed by atoms with van der Waals surface area (Å²) in [6.45, 7) is 0. The molecule has 0 aliphatic carbocycles. The van der Waals surface area contributed by atoms with Crippen LogP contribution >= 0.6 is 11.6 Å². The van der Waals surface area contributed by atoms with Gasteiger partial charge in [-0.2, -0.15) is 4.39 Å². The first-order chi connectivity index (χ1) is 13.2. The Morgan fingerprint density at radius 3 is 2.79 bits per heavy atom. The van der Waals surface area contributed by atoms with Crippen LogP contribution in [-0.4, -0.2) is 28.3 Å². The molecule has 1 saturated heterocycles. The van der Waals surface area contributed by atoms with Crippen LogP contribution in [0.1, 0.15) is 30.0 Å². The normalized spacial score (nSPS) is 20.7. The van der Waals surface area contributed by atoms with Crippen molar-refractivity contribution < 1.29 is 27.1 Å². The number of carbonyl (C=O) groups is 1. The number of ether oxygens (including phenoxy) is 1. The average molecular weight is 416 g/mol. The van der Waals surface area contributed by atoms with Crippen molar-refractivity contribution in [3.05, 3.63) is 52.6 Å². The molecule has 2 atom stereocenters. The minimum Gasteiger partial charge on any atom is -0.404 e. The Morgan fingerprint density at radius 1 is 1.29 bits per heavy atom. The van der Waals surface area contributed by atoms with E-state index in [1.165, 1.54) is 18.3 Å². The van der Waals surface area contributed by atoms with Gasteiger partial charge in [-0.05, 0) is 49.1 Å². The van der Waals surface area contributed by atoms with Gasteiger partial charge in [0, 0.05) is 23.5 Å². The number of carbonyl (C=O) groups excluding carboxylic acids is 1. The van der Waals surface area contributed by atoms with E-state index in [1.807, 2.05) is 0 Å². The number of amides is 2. The number of anilines is 1. The minimum absolute atomic E-state index is 0.167. The average Bonchev–Trinajstić information content (AvgIpc) is 2.93. The fourth-order valence-corrected chi connectivity index (χ4v) is 4.12. The molecule has 2 aromatic rings. The monoisotopic (exact) mass is 415 g/mol. The number of rotatable bonds is 2. The Kier molecular flexibility index (Phi) is 4.57. The van der Waals surface area contributed by atoms with Crippen molar-refractivity contribution in [3.63, 3.8) is 0 Å². The quantitative estimate of drug-likeness (QED) is 0.550. The highest BCUT2D eigenvalue weighted by molar-refractivity contribution is 6.32. The molecule has 3 heterocycles. The molecule has 1 aromatic heterocycles.